The Morgan fingerprint density at radius 2 is 2.00 bits per heavy atom. The quantitative estimate of drug-likeness (QED) is 0.810. The lowest BCUT2D eigenvalue weighted by Gasteiger charge is -2.32. The number of aryl methyl sites for hydroxylation is 1. The molecule has 2 aromatic rings. The van der Waals surface area contributed by atoms with Crippen LogP contribution >= 0.6 is 0 Å². The van der Waals surface area contributed by atoms with E-state index in [4.69, 9.17) is 4.74 Å². The second-order valence-electron chi connectivity index (χ2n) is 5.08. The third-order valence-electron chi connectivity index (χ3n) is 3.60. The molecule has 1 aromatic carbocycles. The molecule has 0 saturated heterocycles. The molecular weight excluding hydrogens is 268 g/mol. The van der Waals surface area contributed by atoms with Gasteiger partial charge in [0.1, 0.15) is 5.75 Å². The fourth-order valence-electron chi connectivity index (χ4n) is 2.50. The number of rotatable bonds is 3. The summed E-state index contributed by atoms with van der Waals surface area (Å²) in [5, 5.41) is 0. The molecule has 1 aromatic heterocycles. The standard InChI is InChI=1S/C16H16N2O3/c1-11-16(20)18(13-6-3-4-8-15(13)21-11)10-14(19)12-7-5-9-17(12)2/h3-9,11H,10H2,1-2H3. The number of carbonyl (C=O) groups is 2. The molecule has 108 valence electrons. The van der Waals surface area contributed by atoms with Crippen LogP contribution in [0.4, 0.5) is 5.69 Å². The van der Waals surface area contributed by atoms with Gasteiger partial charge in [0, 0.05) is 13.2 Å². The number of nitrogens with zero attached hydrogens (tertiary/aromatic N) is 2. The highest BCUT2D eigenvalue weighted by Crippen LogP contribution is 2.33. The van der Waals surface area contributed by atoms with E-state index in [9.17, 15) is 9.59 Å². The van der Waals surface area contributed by atoms with Crippen LogP contribution < -0.4 is 9.64 Å². The van der Waals surface area contributed by atoms with Gasteiger partial charge in [-0.15, -0.1) is 0 Å². The number of benzene rings is 1. The number of ketones is 1. The number of para-hydroxylation sites is 2. The molecule has 0 bridgehead atoms. The summed E-state index contributed by atoms with van der Waals surface area (Å²) in [6, 6.07) is 10.8. The highest BCUT2D eigenvalue weighted by atomic mass is 16.5. The molecule has 1 amide bonds. The average Bonchev–Trinajstić information content (AvgIpc) is 2.90. The Balaban J connectivity index is 1.92. The predicted molar refractivity (Wildman–Crippen MR) is 78.6 cm³/mol. The second kappa shape index (κ2) is 5.09. The zero-order valence-corrected chi connectivity index (χ0v) is 11.9. The van der Waals surface area contributed by atoms with Crippen LogP contribution in [-0.4, -0.2) is 28.9 Å². The molecule has 0 spiro atoms. The summed E-state index contributed by atoms with van der Waals surface area (Å²) in [6.07, 6.45) is 1.23. The molecule has 21 heavy (non-hydrogen) atoms. The third kappa shape index (κ3) is 2.31. The van der Waals surface area contributed by atoms with E-state index in [1.54, 1.807) is 29.7 Å². The largest absolute Gasteiger partial charge is 0.479 e. The fraction of sp³-hybridized carbons (Fsp3) is 0.250. The van der Waals surface area contributed by atoms with Crippen molar-refractivity contribution in [3.05, 3.63) is 48.3 Å². The summed E-state index contributed by atoms with van der Waals surface area (Å²) in [6.45, 7) is 1.71. The van der Waals surface area contributed by atoms with Crippen molar-refractivity contribution in [1.29, 1.82) is 0 Å². The predicted octanol–water partition coefficient (Wildman–Crippen LogP) is 2.02. The van der Waals surface area contributed by atoms with E-state index in [-0.39, 0.29) is 18.2 Å². The molecule has 1 atom stereocenters. The second-order valence-corrected chi connectivity index (χ2v) is 5.08. The monoisotopic (exact) mass is 284 g/mol. The molecule has 0 N–H and O–H groups in total. The van der Waals surface area contributed by atoms with Gasteiger partial charge in [-0.25, -0.2) is 0 Å². The van der Waals surface area contributed by atoms with E-state index >= 15 is 0 Å². The van der Waals surface area contributed by atoms with Gasteiger partial charge < -0.3 is 9.30 Å². The van der Waals surface area contributed by atoms with Crippen LogP contribution in [0.15, 0.2) is 42.6 Å². The normalized spacial score (nSPS) is 17.3. The highest BCUT2D eigenvalue weighted by molar-refractivity contribution is 6.07. The van der Waals surface area contributed by atoms with E-state index in [0.29, 0.717) is 17.1 Å². The minimum atomic E-state index is -0.582. The average molecular weight is 284 g/mol. The zero-order valence-electron chi connectivity index (χ0n) is 11.9. The molecule has 1 unspecified atom stereocenters. The molecule has 3 rings (SSSR count). The number of aromatic nitrogens is 1. The molecule has 0 saturated carbocycles. The number of ether oxygens (including phenoxy) is 1. The van der Waals surface area contributed by atoms with Crippen molar-refractivity contribution < 1.29 is 14.3 Å². The summed E-state index contributed by atoms with van der Waals surface area (Å²) < 4.78 is 7.32. The fourth-order valence-corrected chi connectivity index (χ4v) is 2.50. The number of hydrogen-bond donors (Lipinski definition) is 0. The molecule has 1 aliphatic rings. The molecule has 0 aliphatic carbocycles. The van der Waals surface area contributed by atoms with Crippen molar-refractivity contribution in [2.75, 3.05) is 11.4 Å². The Labute approximate surface area is 122 Å². The van der Waals surface area contributed by atoms with E-state index in [1.165, 1.54) is 4.90 Å². The smallest absolute Gasteiger partial charge is 0.268 e. The number of amides is 1. The Morgan fingerprint density at radius 3 is 2.71 bits per heavy atom. The van der Waals surface area contributed by atoms with Crippen LogP contribution in [0, 0.1) is 0 Å². The molecule has 5 nitrogen and oxygen atoms in total. The van der Waals surface area contributed by atoms with Crippen molar-refractivity contribution in [1.82, 2.24) is 4.57 Å². The molecule has 0 fully saturated rings. The summed E-state index contributed by atoms with van der Waals surface area (Å²) in [7, 11) is 1.81. The van der Waals surface area contributed by atoms with Gasteiger partial charge in [0.2, 0.25) is 0 Å². The van der Waals surface area contributed by atoms with E-state index in [0.717, 1.165) is 0 Å². The number of Topliss-reactive ketones (excluding diaryl/α,β-unsaturated/α-hetero) is 1. The van der Waals surface area contributed by atoms with Gasteiger partial charge in [0.05, 0.1) is 17.9 Å². The Bertz CT molecular complexity index is 705. The first-order valence-corrected chi connectivity index (χ1v) is 6.79. The first kappa shape index (κ1) is 13.4. The van der Waals surface area contributed by atoms with Gasteiger partial charge in [0.15, 0.2) is 11.9 Å². The van der Waals surface area contributed by atoms with Crippen LogP contribution in [0.5, 0.6) is 5.75 Å². The summed E-state index contributed by atoms with van der Waals surface area (Å²) >= 11 is 0. The van der Waals surface area contributed by atoms with Crippen LogP contribution in [-0.2, 0) is 11.8 Å². The molecule has 1 aliphatic heterocycles. The molecular formula is C16H16N2O3. The topological polar surface area (TPSA) is 51.5 Å². The lowest BCUT2D eigenvalue weighted by atomic mass is 10.1. The SMILES string of the molecule is CC1Oc2ccccc2N(CC(=O)c2cccn2C)C1=O. The lowest BCUT2D eigenvalue weighted by Crippen LogP contribution is -2.46. The maximum absolute atomic E-state index is 12.4. The van der Waals surface area contributed by atoms with Gasteiger partial charge >= 0.3 is 0 Å². The number of carbonyl (C=O) groups excluding carboxylic acids is 2. The van der Waals surface area contributed by atoms with E-state index in [2.05, 4.69) is 0 Å². The first-order chi connectivity index (χ1) is 10.1. The van der Waals surface area contributed by atoms with Crippen molar-refractivity contribution in [3.63, 3.8) is 0 Å². The highest BCUT2D eigenvalue weighted by Gasteiger charge is 2.32. The minimum absolute atomic E-state index is 0.0153. The summed E-state index contributed by atoms with van der Waals surface area (Å²) in [5.41, 5.74) is 1.22. The van der Waals surface area contributed by atoms with E-state index in [1.807, 2.05) is 31.4 Å². The lowest BCUT2D eigenvalue weighted by molar-refractivity contribution is -0.125. The molecule has 5 heteroatoms. The third-order valence-corrected chi connectivity index (χ3v) is 3.60. The Morgan fingerprint density at radius 1 is 1.24 bits per heavy atom. The molecule has 2 heterocycles. The van der Waals surface area contributed by atoms with Crippen molar-refractivity contribution in [2.24, 2.45) is 7.05 Å². The van der Waals surface area contributed by atoms with E-state index < -0.39 is 6.10 Å². The van der Waals surface area contributed by atoms with Gasteiger partial charge in [-0.1, -0.05) is 12.1 Å². The van der Waals surface area contributed by atoms with Crippen LogP contribution in [0.25, 0.3) is 0 Å². The van der Waals surface area contributed by atoms with Crippen molar-refractivity contribution >= 4 is 17.4 Å². The summed E-state index contributed by atoms with van der Waals surface area (Å²) in [5.74, 6) is 0.334. The van der Waals surface area contributed by atoms with Gasteiger partial charge in [0.25, 0.3) is 5.91 Å². The number of hydrogen-bond acceptors (Lipinski definition) is 3. The number of anilines is 1. The molecule has 0 radical (unpaired) electrons. The van der Waals surface area contributed by atoms with Gasteiger partial charge in [-0.05, 0) is 31.2 Å². The zero-order chi connectivity index (χ0) is 15.0. The van der Waals surface area contributed by atoms with Crippen LogP contribution in [0.2, 0.25) is 0 Å². The minimum Gasteiger partial charge on any atom is -0.479 e. The summed E-state index contributed by atoms with van der Waals surface area (Å²) in [4.78, 5) is 26.2. The van der Waals surface area contributed by atoms with Crippen molar-refractivity contribution in [2.45, 2.75) is 13.0 Å². The Kier molecular flexibility index (Phi) is 3.25. The van der Waals surface area contributed by atoms with Crippen LogP contribution in [0.1, 0.15) is 17.4 Å². The van der Waals surface area contributed by atoms with Gasteiger partial charge in [-0.2, -0.15) is 0 Å². The number of fused-ring (bicyclic) bond motifs is 1. The Hall–Kier alpha value is -2.56. The van der Waals surface area contributed by atoms with Crippen molar-refractivity contribution in [3.8, 4) is 5.75 Å². The van der Waals surface area contributed by atoms with Crippen LogP contribution in [0.3, 0.4) is 0 Å². The maximum Gasteiger partial charge on any atom is 0.268 e. The first-order valence-electron chi connectivity index (χ1n) is 6.79. The van der Waals surface area contributed by atoms with Gasteiger partial charge in [-0.3, -0.25) is 14.5 Å². The maximum atomic E-state index is 12.4.